The van der Waals surface area contributed by atoms with Crippen LogP contribution in [0.25, 0.3) is 11.4 Å². The van der Waals surface area contributed by atoms with Gasteiger partial charge in [-0.05, 0) is 36.2 Å². The van der Waals surface area contributed by atoms with Crippen molar-refractivity contribution < 1.29 is 9.84 Å². The molecule has 2 N–H and O–H groups in total. The third kappa shape index (κ3) is 3.67. The minimum atomic E-state index is -0.0662. The van der Waals surface area contributed by atoms with Crippen LogP contribution in [0.4, 0.5) is 0 Å². The molecule has 3 heterocycles. The van der Waals surface area contributed by atoms with E-state index in [2.05, 4.69) is 14.9 Å². The van der Waals surface area contributed by atoms with E-state index in [9.17, 15) is 9.90 Å². The number of aromatic nitrogens is 3. The summed E-state index contributed by atoms with van der Waals surface area (Å²) in [5.74, 6) is 1.26. The number of nitrogens with zero attached hydrogens (tertiary/aromatic N) is 3. The summed E-state index contributed by atoms with van der Waals surface area (Å²) in [6.07, 6.45) is 4.03. The fourth-order valence-electron chi connectivity index (χ4n) is 3.59. The Balaban J connectivity index is 1.58. The quantitative estimate of drug-likeness (QED) is 0.705. The number of fused-ring (bicyclic) bond motifs is 1. The Morgan fingerprint density at radius 2 is 2.07 bits per heavy atom. The van der Waals surface area contributed by atoms with Gasteiger partial charge >= 0.3 is 0 Å². The number of aliphatic hydroxyl groups is 1. The molecule has 0 spiro atoms. The Kier molecular flexibility index (Phi) is 5.18. The predicted octanol–water partition coefficient (Wildman–Crippen LogP) is 1.89. The number of methoxy groups -OCH3 is 1. The number of hydrogen-bond acceptors (Lipinski definition) is 6. The van der Waals surface area contributed by atoms with E-state index in [1.54, 1.807) is 19.5 Å². The first-order chi connectivity index (χ1) is 13.7. The lowest BCUT2D eigenvalue weighted by atomic mass is 10.0. The van der Waals surface area contributed by atoms with Gasteiger partial charge in [0, 0.05) is 48.7 Å². The topological polar surface area (TPSA) is 91.3 Å². The molecule has 3 aromatic rings. The maximum absolute atomic E-state index is 12.5. The van der Waals surface area contributed by atoms with Crippen LogP contribution in [0.15, 0.2) is 47.5 Å². The Morgan fingerprint density at radius 3 is 2.82 bits per heavy atom. The molecule has 0 atom stereocenters. The molecule has 0 bridgehead atoms. The van der Waals surface area contributed by atoms with Crippen LogP contribution in [0.3, 0.4) is 0 Å². The van der Waals surface area contributed by atoms with Crippen LogP contribution in [0.1, 0.15) is 22.4 Å². The molecule has 28 heavy (non-hydrogen) atoms. The summed E-state index contributed by atoms with van der Waals surface area (Å²) >= 11 is 0. The molecule has 7 heteroatoms. The molecular formula is C21H22N4O3. The number of rotatable bonds is 5. The molecule has 1 aliphatic heterocycles. The molecule has 0 unspecified atom stereocenters. The molecule has 0 saturated heterocycles. The van der Waals surface area contributed by atoms with Crippen molar-refractivity contribution in [2.45, 2.75) is 26.1 Å². The summed E-state index contributed by atoms with van der Waals surface area (Å²) < 4.78 is 5.27. The Morgan fingerprint density at radius 1 is 1.25 bits per heavy atom. The van der Waals surface area contributed by atoms with Crippen molar-refractivity contribution in [3.63, 3.8) is 0 Å². The molecule has 7 nitrogen and oxygen atoms in total. The van der Waals surface area contributed by atoms with E-state index in [1.807, 2.05) is 30.3 Å². The zero-order chi connectivity index (χ0) is 19.5. The lowest BCUT2D eigenvalue weighted by Gasteiger charge is -2.28. The van der Waals surface area contributed by atoms with Gasteiger partial charge in [-0.15, -0.1) is 0 Å². The van der Waals surface area contributed by atoms with Gasteiger partial charge in [-0.1, -0.05) is 6.07 Å². The summed E-state index contributed by atoms with van der Waals surface area (Å²) in [6.45, 7) is 2.05. The molecule has 1 aliphatic rings. The largest absolute Gasteiger partial charge is 0.496 e. The van der Waals surface area contributed by atoms with Crippen LogP contribution in [0.5, 0.6) is 5.75 Å². The van der Waals surface area contributed by atoms with E-state index in [0.717, 1.165) is 41.0 Å². The van der Waals surface area contributed by atoms with Crippen molar-refractivity contribution in [1.82, 2.24) is 19.9 Å². The Labute approximate surface area is 162 Å². The van der Waals surface area contributed by atoms with Crippen LogP contribution >= 0.6 is 0 Å². The lowest BCUT2D eigenvalue weighted by Crippen LogP contribution is -2.35. The van der Waals surface area contributed by atoms with E-state index in [1.165, 1.54) is 0 Å². The van der Waals surface area contributed by atoms with E-state index in [0.29, 0.717) is 24.5 Å². The van der Waals surface area contributed by atoms with E-state index in [4.69, 9.17) is 9.72 Å². The van der Waals surface area contributed by atoms with Crippen LogP contribution in [-0.2, 0) is 26.1 Å². The third-order valence-electron chi connectivity index (χ3n) is 5.03. The first-order valence-electron chi connectivity index (χ1n) is 9.19. The van der Waals surface area contributed by atoms with Crippen LogP contribution in [0, 0.1) is 0 Å². The number of pyridine rings is 1. The predicted molar refractivity (Wildman–Crippen MR) is 105 cm³/mol. The van der Waals surface area contributed by atoms with Crippen molar-refractivity contribution in [2.75, 3.05) is 13.7 Å². The summed E-state index contributed by atoms with van der Waals surface area (Å²) in [5.41, 5.74) is 4.22. The monoisotopic (exact) mass is 378 g/mol. The van der Waals surface area contributed by atoms with E-state index >= 15 is 0 Å². The van der Waals surface area contributed by atoms with Gasteiger partial charge in [0.05, 0.1) is 19.4 Å². The average Bonchev–Trinajstić information content (AvgIpc) is 2.74. The number of aromatic amines is 1. The van der Waals surface area contributed by atoms with Crippen molar-refractivity contribution in [2.24, 2.45) is 0 Å². The molecule has 0 fully saturated rings. The molecule has 4 rings (SSSR count). The van der Waals surface area contributed by atoms with Crippen LogP contribution in [0.2, 0.25) is 0 Å². The minimum Gasteiger partial charge on any atom is -0.496 e. The first-order valence-corrected chi connectivity index (χ1v) is 9.19. The normalized spacial score (nSPS) is 13.9. The molecule has 1 aromatic carbocycles. The number of ether oxygens (including phenoxy) is 1. The Bertz CT molecular complexity index is 1030. The van der Waals surface area contributed by atoms with Gasteiger partial charge in [0.1, 0.15) is 11.6 Å². The molecule has 0 aliphatic carbocycles. The standard InChI is InChI=1S/C21H22N4O3/c1-28-19-3-2-14(10-16(19)13-26)11-25-9-6-17-18(12-25)23-20(24-21(17)27)15-4-7-22-8-5-15/h2-5,7-8,10,26H,6,9,11-13H2,1H3,(H,23,24,27). The Hall–Kier alpha value is -3.03. The maximum Gasteiger partial charge on any atom is 0.254 e. The average molecular weight is 378 g/mol. The minimum absolute atomic E-state index is 0.0634. The summed E-state index contributed by atoms with van der Waals surface area (Å²) in [5, 5.41) is 9.53. The molecule has 0 saturated carbocycles. The maximum atomic E-state index is 12.5. The highest BCUT2D eigenvalue weighted by atomic mass is 16.5. The number of H-pyrrole nitrogens is 1. The van der Waals surface area contributed by atoms with Gasteiger partial charge in [0.2, 0.25) is 0 Å². The molecule has 144 valence electrons. The van der Waals surface area contributed by atoms with Gasteiger partial charge in [0.15, 0.2) is 0 Å². The smallest absolute Gasteiger partial charge is 0.254 e. The zero-order valence-electron chi connectivity index (χ0n) is 15.7. The van der Waals surface area contributed by atoms with Crippen LogP contribution < -0.4 is 10.3 Å². The molecule has 0 amide bonds. The van der Waals surface area contributed by atoms with Gasteiger partial charge < -0.3 is 14.8 Å². The van der Waals surface area contributed by atoms with Crippen molar-refractivity contribution in [1.29, 1.82) is 0 Å². The summed E-state index contributed by atoms with van der Waals surface area (Å²) in [7, 11) is 1.60. The first kappa shape index (κ1) is 18.3. The summed E-state index contributed by atoms with van der Waals surface area (Å²) in [4.78, 5) is 26.4. The van der Waals surface area contributed by atoms with Gasteiger partial charge in [-0.3, -0.25) is 14.7 Å². The second-order valence-electron chi connectivity index (χ2n) is 6.84. The lowest BCUT2D eigenvalue weighted by molar-refractivity contribution is 0.239. The fourth-order valence-corrected chi connectivity index (χ4v) is 3.59. The number of benzene rings is 1. The van der Waals surface area contributed by atoms with Crippen molar-refractivity contribution in [3.8, 4) is 17.1 Å². The number of hydrogen-bond donors (Lipinski definition) is 2. The number of nitrogens with one attached hydrogen (secondary N) is 1. The van der Waals surface area contributed by atoms with E-state index < -0.39 is 0 Å². The molecule has 2 aromatic heterocycles. The highest BCUT2D eigenvalue weighted by Gasteiger charge is 2.21. The fraction of sp³-hybridized carbons (Fsp3) is 0.286. The highest BCUT2D eigenvalue weighted by Crippen LogP contribution is 2.23. The van der Waals surface area contributed by atoms with Crippen LogP contribution in [-0.4, -0.2) is 38.6 Å². The van der Waals surface area contributed by atoms with Gasteiger partial charge in [-0.25, -0.2) is 4.98 Å². The second kappa shape index (κ2) is 7.92. The molecular weight excluding hydrogens is 356 g/mol. The van der Waals surface area contributed by atoms with E-state index in [-0.39, 0.29) is 12.2 Å². The SMILES string of the molecule is COc1ccc(CN2CCc3c(nc(-c4ccncc4)[nH]c3=O)C2)cc1CO. The van der Waals surface area contributed by atoms with Gasteiger partial charge in [-0.2, -0.15) is 0 Å². The van der Waals surface area contributed by atoms with Crippen molar-refractivity contribution >= 4 is 0 Å². The highest BCUT2D eigenvalue weighted by molar-refractivity contribution is 5.54. The van der Waals surface area contributed by atoms with Gasteiger partial charge in [0.25, 0.3) is 5.56 Å². The summed E-state index contributed by atoms with van der Waals surface area (Å²) in [6, 6.07) is 9.50. The zero-order valence-corrected chi connectivity index (χ0v) is 15.7. The van der Waals surface area contributed by atoms with Crippen molar-refractivity contribution in [3.05, 3.63) is 75.5 Å². The number of aliphatic hydroxyl groups excluding tert-OH is 1. The third-order valence-corrected chi connectivity index (χ3v) is 5.03. The molecule has 0 radical (unpaired) electrons. The second-order valence-corrected chi connectivity index (χ2v) is 6.84.